The molecule has 5 heteroatoms. The molecule has 5 N–H and O–H groups in total. The molecular weight excluding hydrogens is 188 g/mol. The van der Waals surface area contributed by atoms with Crippen molar-refractivity contribution < 1.29 is 25.5 Å². The van der Waals surface area contributed by atoms with Crippen molar-refractivity contribution in [3.8, 4) is 0 Å². The smallest absolute Gasteiger partial charge is 0.106 e. The maximum absolute atomic E-state index is 9.47. The minimum Gasteiger partial charge on any atom is -0.396 e. The summed E-state index contributed by atoms with van der Waals surface area (Å²) in [6.45, 7) is 2.59. The van der Waals surface area contributed by atoms with Crippen molar-refractivity contribution in [1.29, 1.82) is 0 Å². The lowest BCUT2D eigenvalue weighted by Gasteiger charge is -2.29. The number of aliphatic hydroxyl groups is 5. The normalized spacial score (nSPS) is 22.5. The van der Waals surface area contributed by atoms with Gasteiger partial charge in [-0.1, -0.05) is 13.8 Å². The van der Waals surface area contributed by atoms with Crippen LogP contribution in [0.25, 0.3) is 0 Å². The number of hydrogen-bond acceptors (Lipinski definition) is 5. The molecule has 0 aromatic carbocycles. The molecule has 0 aliphatic carbocycles. The van der Waals surface area contributed by atoms with Crippen LogP contribution in [0.15, 0.2) is 0 Å². The van der Waals surface area contributed by atoms with Gasteiger partial charge in [-0.15, -0.1) is 0 Å². The van der Waals surface area contributed by atoms with Crippen LogP contribution in [0.1, 0.15) is 13.8 Å². The summed E-state index contributed by atoms with van der Waals surface area (Å²) in [7, 11) is 0. The molecule has 0 aromatic rings. The molecule has 86 valence electrons. The van der Waals surface area contributed by atoms with Gasteiger partial charge in [0.2, 0.25) is 0 Å². The van der Waals surface area contributed by atoms with E-state index in [4.69, 9.17) is 10.2 Å². The Morgan fingerprint density at radius 2 is 1.00 bits per heavy atom. The van der Waals surface area contributed by atoms with Crippen molar-refractivity contribution in [2.24, 2.45) is 11.8 Å². The molecule has 5 atom stereocenters. The molecule has 0 fully saturated rings. The SMILES string of the molecule is CC(CO)[C@@H](O)C(O)[C@H](O)[C@H](C)CO. The molecule has 0 aromatic heterocycles. The van der Waals surface area contributed by atoms with Crippen LogP contribution in [0, 0.1) is 11.8 Å². The molecule has 0 saturated heterocycles. The Hall–Kier alpha value is -0.200. The van der Waals surface area contributed by atoms with Crippen LogP contribution in [0.3, 0.4) is 0 Å². The number of aliphatic hydroxyl groups excluding tert-OH is 5. The third-order valence-corrected chi connectivity index (χ3v) is 2.44. The molecule has 0 aliphatic heterocycles. The summed E-state index contributed by atoms with van der Waals surface area (Å²) in [5.74, 6) is -1.02. The molecule has 0 rings (SSSR count). The van der Waals surface area contributed by atoms with Crippen molar-refractivity contribution in [3.05, 3.63) is 0 Å². The topological polar surface area (TPSA) is 101 Å². The van der Waals surface area contributed by atoms with Crippen molar-refractivity contribution >= 4 is 0 Å². The lowest BCUT2D eigenvalue weighted by atomic mass is 9.91. The minimum absolute atomic E-state index is 0.265. The Labute approximate surface area is 83.6 Å². The molecule has 0 spiro atoms. The first-order valence-corrected chi connectivity index (χ1v) is 4.71. The van der Waals surface area contributed by atoms with E-state index in [0.717, 1.165) is 0 Å². The van der Waals surface area contributed by atoms with Gasteiger partial charge in [-0.3, -0.25) is 0 Å². The Kier molecular flexibility index (Phi) is 6.22. The van der Waals surface area contributed by atoms with Gasteiger partial charge in [-0.2, -0.15) is 0 Å². The molecule has 14 heavy (non-hydrogen) atoms. The highest BCUT2D eigenvalue weighted by Crippen LogP contribution is 2.15. The summed E-state index contributed by atoms with van der Waals surface area (Å²) in [5, 5.41) is 45.8. The standard InChI is InChI=1S/C9H20O5/c1-5(3-10)7(12)9(14)8(13)6(2)4-11/h5-14H,3-4H2,1-2H3/t5-,6?,7-,8-,9?/m1/s1. The lowest BCUT2D eigenvalue weighted by molar-refractivity contribution is -0.105. The lowest BCUT2D eigenvalue weighted by Crippen LogP contribution is -2.45. The fraction of sp³-hybridized carbons (Fsp3) is 1.00. The van der Waals surface area contributed by atoms with E-state index in [2.05, 4.69) is 0 Å². The second-order valence-corrected chi connectivity index (χ2v) is 3.79. The predicted octanol–water partition coefficient (Wildman–Crippen LogP) is -1.67. The van der Waals surface area contributed by atoms with Crippen LogP contribution in [-0.2, 0) is 0 Å². The molecule has 0 bridgehead atoms. The van der Waals surface area contributed by atoms with E-state index >= 15 is 0 Å². The first kappa shape index (κ1) is 13.8. The van der Waals surface area contributed by atoms with Crippen LogP contribution < -0.4 is 0 Å². The van der Waals surface area contributed by atoms with Gasteiger partial charge in [0, 0.05) is 25.0 Å². The van der Waals surface area contributed by atoms with Gasteiger partial charge in [-0.25, -0.2) is 0 Å². The molecule has 0 saturated carbocycles. The molecule has 0 radical (unpaired) electrons. The largest absolute Gasteiger partial charge is 0.396 e. The fourth-order valence-electron chi connectivity index (χ4n) is 1.09. The maximum atomic E-state index is 9.47. The van der Waals surface area contributed by atoms with Gasteiger partial charge in [0.1, 0.15) is 6.10 Å². The average molecular weight is 208 g/mol. The summed E-state index contributed by atoms with van der Waals surface area (Å²) in [5.41, 5.74) is 0. The molecular formula is C9H20O5. The van der Waals surface area contributed by atoms with Crippen LogP contribution in [0.4, 0.5) is 0 Å². The third-order valence-electron chi connectivity index (χ3n) is 2.44. The summed E-state index contributed by atoms with van der Waals surface area (Å²) in [6.07, 6.45) is -3.73. The summed E-state index contributed by atoms with van der Waals surface area (Å²) in [6, 6.07) is 0. The van der Waals surface area contributed by atoms with Gasteiger partial charge in [0.05, 0.1) is 12.2 Å². The van der Waals surface area contributed by atoms with Gasteiger partial charge < -0.3 is 25.5 Å². The van der Waals surface area contributed by atoms with Crippen molar-refractivity contribution in [1.82, 2.24) is 0 Å². The van der Waals surface area contributed by atoms with Crippen molar-refractivity contribution in [3.63, 3.8) is 0 Å². The predicted molar refractivity (Wildman–Crippen MR) is 50.5 cm³/mol. The van der Waals surface area contributed by atoms with E-state index in [-0.39, 0.29) is 13.2 Å². The van der Waals surface area contributed by atoms with Crippen LogP contribution in [0.5, 0.6) is 0 Å². The highest BCUT2D eigenvalue weighted by Gasteiger charge is 2.31. The number of rotatable bonds is 6. The number of hydrogen-bond donors (Lipinski definition) is 5. The minimum atomic E-state index is -1.35. The highest BCUT2D eigenvalue weighted by atomic mass is 16.4. The van der Waals surface area contributed by atoms with E-state index in [0.29, 0.717) is 0 Å². The summed E-state index contributed by atoms with van der Waals surface area (Å²) < 4.78 is 0. The van der Waals surface area contributed by atoms with Gasteiger partial charge in [0.25, 0.3) is 0 Å². The first-order valence-electron chi connectivity index (χ1n) is 4.71. The van der Waals surface area contributed by atoms with E-state index in [9.17, 15) is 15.3 Å². The van der Waals surface area contributed by atoms with Crippen LogP contribution in [0.2, 0.25) is 0 Å². The zero-order valence-electron chi connectivity index (χ0n) is 8.54. The third kappa shape index (κ3) is 3.51. The monoisotopic (exact) mass is 208 g/mol. The van der Waals surface area contributed by atoms with Crippen LogP contribution >= 0.6 is 0 Å². The van der Waals surface area contributed by atoms with Crippen molar-refractivity contribution in [2.45, 2.75) is 32.2 Å². The first-order chi connectivity index (χ1) is 6.45. The van der Waals surface area contributed by atoms with E-state index < -0.39 is 30.1 Å². The second-order valence-electron chi connectivity index (χ2n) is 3.79. The highest BCUT2D eigenvalue weighted by molar-refractivity contribution is 4.81. The van der Waals surface area contributed by atoms with Gasteiger partial charge >= 0.3 is 0 Å². The zero-order valence-corrected chi connectivity index (χ0v) is 8.54. The van der Waals surface area contributed by atoms with Crippen molar-refractivity contribution in [2.75, 3.05) is 13.2 Å². The Balaban J connectivity index is 4.22. The van der Waals surface area contributed by atoms with E-state index in [1.807, 2.05) is 0 Å². The summed E-state index contributed by atoms with van der Waals surface area (Å²) >= 11 is 0. The molecule has 0 aliphatic rings. The Morgan fingerprint density at radius 1 is 0.714 bits per heavy atom. The van der Waals surface area contributed by atoms with Gasteiger partial charge in [0.15, 0.2) is 0 Å². The van der Waals surface area contributed by atoms with E-state index in [1.54, 1.807) is 13.8 Å². The Morgan fingerprint density at radius 3 is 1.21 bits per heavy atom. The fourth-order valence-corrected chi connectivity index (χ4v) is 1.09. The van der Waals surface area contributed by atoms with E-state index in [1.165, 1.54) is 0 Å². The summed E-state index contributed by atoms with van der Waals surface area (Å²) in [4.78, 5) is 0. The molecule has 5 nitrogen and oxygen atoms in total. The Bertz CT molecular complexity index is 136. The quantitative estimate of drug-likeness (QED) is 0.359. The van der Waals surface area contributed by atoms with Gasteiger partial charge in [-0.05, 0) is 0 Å². The molecule has 0 heterocycles. The molecule has 0 amide bonds. The van der Waals surface area contributed by atoms with Crippen LogP contribution in [-0.4, -0.2) is 57.1 Å². The second kappa shape index (κ2) is 6.31. The maximum Gasteiger partial charge on any atom is 0.106 e. The molecule has 2 unspecified atom stereocenters. The zero-order chi connectivity index (χ0) is 11.3. The average Bonchev–Trinajstić information content (AvgIpc) is 2.23.